The fourth-order valence-electron chi connectivity index (χ4n) is 2.52. The van der Waals surface area contributed by atoms with E-state index in [2.05, 4.69) is 22.3 Å². The van der Waals surface area contributed by atoms with Gasteiger partial charge in [0.2, 0.25) is 0 Å². The summed E-state index contributed by atoms with van der Waals surface area (Å²) in [5, 5.41) is 8.31. The zero-order chi connectivity index (χ0) is 15.0. The van der Waals surface area contributed by atoms with Crippen molar-refractivity contribution in [3.05, 3.63) is 23.0 Å². The molecule has 1 unspecified atom stereocenters. The van der Waals surface area contributed by atoms with Crippen LogP contribution in [0.1, 0.15) is 22.3 Å². The molecule has 0 aliphatic carbocycles. The number of rotatable bonds is 2. The number of aromatic nitrogens is 3. The van der Waals surface area contributed by atoms with Crippen molar-refractivity contribution in [1.29, 1.82) is 0 Å². The maximum absolute atomic E-state index is 12.7. The first-order valence-corrected chi connectivity index (χ1v) is 7.86. The Kier molecular flexibility index (Phi) is 7.01. The molecule has 0 bridgehead atoms. The highest BCUT2D eigenvalue weighted by Crippen LogP contribution is 2.29. The van der Waals surface area contributed by atoms with E-state index in [1.807, 2.05) is 25.1 Å². The molecule has 23 heavy (non-hydrogen) atoms. The van der Waals surface area contributed by atoms with Crippen molar-refractivity contribution >= 4 is 42.1 Å². The lowest BCUT2D eigenvalue weighted by Gasteiger charge is -2.33. The van der Waals surface area contributed by atoms with E-state index in [1.54, 1.807) is 10.9 Å². The first-order chi connectivity index (χ1) is 10.1. The van der Waals surface area contributed by atoms with E-state index >= 15 is 0 Å². The first kappa shape index (κ1) is 19.9. The highest BCUT2D eigenvalue weighted by molar-refractivity contribution is 7.17. The molecular formula is C14H21Cl2N5OS. The van der Waals surface area contributed by atoms with Crippen molar-refractivity contribution in [3.63, 3.8) is 0 Å². The predicted octanol–water partition coefficient (Wildman–Crippen LogP) is 2.13. The van der Waals surface area contributed by atoms with Crippen LogP contribution in [-0.4, -0.2) is 51.2 Å². The quantitative estimate of drug-likeness (QED) is 0.870. The van der Waals surface area contributed by atoms with Gasteiger partial charge in [0.05, 0.1) is 11.9 Å². The topological polar surface area (TPSA) is 63.1 Å². The van der Waals surface area contributed by atoms with Crippen LogP contribution in [0.4, 0.5) is 0 Å². The summed E-state index contributed by atoms with van der Waals surface area (Å²) in [5.41, 5.74) is 1.76. The van der Waals surface area contributed by atoms with Gasteiger partial charge in [-0.1, -0.05) is 0 Å². The van der Waals surface area contributed by atoms with Gasteiger partial charge in [0, 0.05) is 44.5 Å². The minimum absolute atomic E-state index is 0. The van der Waals surface area contributed by atoms with Gasteiger partial charge in [-0.15, -0.1) is 36.2 Å². The van der Waals surface area contributed by atoms with Crippen LogP contribution < -0.4 is 5.32 Å². The molecule has 3 rings (SSSR count). The number of aryl methyl sites for hydroxylation is 2. The summed E-state index contributed by atoms with van der Waals surface area (Å²) in [6, 6.07) is 0.217. The summed E-state index contributed by atoms with van der Waals surface area (Å²) in [4.78, 5) is 19.9. The third-order valence-electron chi connectivity index (χ3n) is 3.70. The minimum Gasteiger partial charge on any atom is -0.333 e. The third kappa shape index (κ3) is 4.03. The molecule has 0 aromatic carbocycles. The number of carbonyl (C=O) groups is 1. The molecule has 1 amide bonds. The van der Waals surface area contributed by atoms with Crippen molar-refractivity contribution in [2.45, 2.75) is 19.9 Å². The summed E-state index contributed by atoms with van der Waals surface area (Å²) >= 11 is 1.45. The zero-order valence-corrected chi connectivity index (χ0v) is 15.7. The number of thiazole rings is 1. The van der Waals surface area contributed by atoms with Gasteiger partial charge in [0.1, 0.15) is 9.88 Å². The van der Waals surface area contributed by atoms with Crippen molar-refractivity contribution in [2.75, 3.05) is 19.6 Å². The number of hydrogen-bond donors (Lipinski definition) is 1. The highest BCUT2D eigenvalue weighted by Gasteiger charge is 2.27. The molecule has 1 fully saturated rings. The zero-order valence-electron chi connectivity index (χ0n) is 13.3. The van der Waals surface area contributed by atoms with Gasteiger partial charge in [-0.05, 0) is 13.8 Å². The molecule has 2 aromatic heterocycles. The lowest BCUT2D eigenvalue weighted by molar-refractivity contribution is 0.0660. The van der Waals surface area contributed by atoms with Gasteiger partial charge < -0.3 is 10.2 Å². The largest absolute Gasteiger partial charge is 0.333 e. The lowest BCUT2D eigenvalue weighted by atomic mass is 10.2. The number of carbonyl (C=O) groups excluding carboxylic acids is 1. The predicted molar refractivity (Wildman–Crippen MR) is 96.9 cm³/mol. The summed E-state index contributed by atoms with van der Waals surface area (Å²) in [6.07, 6.45) is 3.69. The van der Waals surface area contributed by atoms with Crippen molar-refractivity contribution < 1.29 is 4.79 Å². The fraction of sp³-hybridized carbons (Fsp3) is 0.500. The maximum Gasteiger partial charge on any atom is 0.266 e. The summed E-state index contributed by atoms with van der Waals surface area (Å²) < 4.78 is 1.74. The van der Waals surface area contributed by atoms with Crippen molar-refractivity contribution in [3.8, 4) is 10.6 Å². The summed E-state index contributed by atoms with van der Waals surface area (Å²) in [7, 11) is 1.87. The Morgan fingerprint density at radius 2 is 2.17 bits per heavy atom. The maximum atomic E-state index is 12.7. The van der Waals surface area contributed by atoms with Crippen LogP contribution in [0.15, 0.2) is 12.4 Å². The molecule has 6 nitrogen and oxygen atoms in total. The second-order valence-electron chi connectivity index (χ2n) is 5.39. The number of nitrogens with zero attached hydrogens (tertiary/aromatic N) is 4. The summed E-state index contributed by atoms with van der Waals surface area (Å²) in [6.45, 7) is 6.42. The summed E-state index contributed by atoms with van der Waals surface area (Å²) in [5.74, 6) is 0.0918. The van der Waals surface area contributed by atoms with Gasteiger partial charge >= 0.3 is 0 Å². The minimum atomic E-state index is 0. The van der Waals surface area contributed by atoms with E-state index in [4.69, 9.17) is 0 Å². The van der Waals surface area contributed by atoms with Gasteiger partial charge in [0.25, 0.3) is 5.91 Å². The number of nitrogens with one attached hydrogen (secondary N) is 1. The van der Waals surface area contributed by atoms with E-state index in [9.17, 15) is 4.79 Å². The van der Waals surface area contributed by atoms with Gasteiger partial charge in [-0.25, -0.2) is 4.98 Å². The highest BCUT2D eigenvalue weighted by atomic mass is 35.5. The Hall–Kier alpha value is -1.15. The van der Waals surface area contributed by atoms with Crippen LogP contribution in [0.5, 0.6) is 0 Å². The molecule has 1 aliphatic rings. The first-order valence-electron chi connectivity index (χ1n) is 7.04. The van der Waals surface area contributed by atoms with Gasteiger partial charge in [-0.2, -0.15) is 5.10 Å². The molecular weight excluding hydrogens is 357 g/mol. The van der Waals surface area contributed by atoms with E-state index in [0.29, 0.717) is 0 Å². The molecule has 0 saturated carbocycles. The monoisotopic (exact) mass is 377 g/mol. The van der Waals surface area contributed by atoms with E-state index in [0.717, 1.165) is 40.8 Å². The molecule has 2 aromatic rings. The molecule has 0 radical (unpaired) electrons. The number of hydrogen-bond acceptors (Lipinski definition) is 5. The third-order valence-corrected chi connectivity index (χ3v) is 4.90. The van der Waals surface area contributed by atoms with Gasteiger partial charge in [-0.3, -0.25) is 9.48 Å². The SMILES string of the molecule is Cc1nc(-c2cnn(C)c2)sc1C(=O)N1CCNCC1C.Cl.Cl. The molecule has 1 saturated heterocycles. The molecule has 0 spiro atoms. The average molecular weight is 378 g/mol. The van der Waals surface area contributed by atoms with Crippen LogP contribution >= 0.6 is 36.2 Å². The number of piperazine rings is 1. The molecule has 9 heteroatoms. The van der Waals surface area contributed by atoms with Crippen LogP contribution in [0, 0.1) is 6.92 Å². The normalized spacial score (nSPS) is 17.3. The van der Waals surface area contributed by atoms with Crippen LogP contribution in [-0.2, 0) is 7.05 Å². The molecule has 1 aliphatic heterocycles. The van der Waals surface area contributed by atoms with Crippen LogP contribution in [0.25, 0.3) is 10.6 Å². The van der Waals surface area contributed by atoms with Crippen molar-refractivity contribution in [2.24, 2.45) is 7.05 Å². The molecule has 1 N–H and O–H groups in total. The van der Waals surface area contributed by atoms with Crippen LogP contribution in [0.2, 0.25) is 0 Å². The smallest absolute Gasteiger partial charge is 0.266 e. The number of halogens is 2. The average Bonchev–Trinajstić information content (AvgIpc) is 3.05. The fourth-order valence-corrected chi connectivity index (χ4v) is 3.52. The lowest BCUT2D eigenvalue weighted by Crippen LogP contribution is -2.52. The Morgan fingerprint density at radius 3 is 2.78 bits per heavy atom. The molecule has 128 valence electrons. The van der Waals surface area contributed by atoms with E-state index in [1.165, 1.54) is 11.3 Å². The molecule has 3 heterocycles. The Morgan fingerprint density at radius 1 is 1.43 bits per heavy atom. The molecule has 1 atom stereocenters. The van der Waals surface area contributed by atoms with Crippen LogP contribution in [0.3, 0.4) is 0 Å². The van der Waals surface area contributed by atoms with E-state index in [-0.39, 0.29) is 36.8 Å². The Balaban J connectivity index is 0.00000132. The second-order valence-corrected chi connectivity index (χ2v) is 6.39. The van der Waals surface area contributed by atoms with E-state index < -0.39 is 0 Å². The number of amides is 1. The standard InChI is InChI=1S/C14H19N5OS.2ClH/c1-9-6-15-4-5-19(9)14(20)12-10(2)17-13(21-12)11-7-16-18(3)8-11;;/h7-9,15H,4-6H2,1-3H3;2*1H. The Labute approximate surface area is 152 Å². The van der Waals surface area contributed by atoms with Gasteiger partial charge in [0.15, 0.2) is 0 Å². The Bertz CT molecular complexity index is 672. The second kappa shape index (κ2) is 8.10. The van der Waals surface area contributed by atoms with Crippen molar-refractivity contribution in [1.82, 2.24) is 25.0 Å².